The summed E-state index contributed by atoms with van der Waals surface area (Å²) in [6.45, 7) is 1.25. The van der Waals surface area contributed by atoms with E-state index < -0.39 is 5.91 Å². The third-order valence-electron chi connectivity index (χ3n) is 4.88. The summed E-state index contributed by atoms with van der Waals surface area (Å²) in [4.78, 5) is 41.8. The van der Waals surface area contributed by atoms with Gasteiger partial charge in [0.2, 0.25) is 11.3 Å². The number of aromatic nitrogens is 1. The number of benzene rings is 2. The van der Waals surface area contributed by atoms with Crippen molar-refractivity contribution >= 4 is 28.4 Å². The lowest BCUT2D eigenvalue weighted by Crippen LogP contribution is -2.38. The van der Waals surface area contributed by atoms with Crippen LogP contribution in [0.4, 0.5) is 5.69 Å². The molecule has 0 aliphatic heterocycles. The van der Waals surface area contributed by atoms with Crippen LogP contribution in [-0.2, 0) is 4.79 Å². The van der Waals surface area contributed by atoms with Gasteiger partial charge in [0.15, 0.2) is 0 Å². The maximum absolute atomic E-state index is 12.4. The number of amides is 2. The van der Waals surface area contributed by atoms with E-state index in [9.17, 15) is 14.4 Å². The Morgan fingerprint density at radius 2 is 1.70 bits per heavy atom. The van der Waals surface area contributed by atoms with E-state index in [1.165, 1.54) is 6.20 Å². The Morgan fingerprint density at radius 1 is 0.967 bits per heavy atom. The Bertz CT molecular complexity index is 1060. The van der Waals surface area contributed by atoms with E-state index in [1.54, 1.807) is 18.2 Å². The summed E-state index contributed by atoms with van der Waals surface area (Å²) in [5.41, 5.74) is 1.46. The zero-order valence-electron chi connectivity index (χ0n) is 17.0. The number of H-pyrrole nitrogens is 1. The van der Waals surface area contributed by atoms with Gasteiger partial charge in [0, 0.05) is 42.9 Å². The second-order valence-electron chi connectivity index (χ2n) is 7.07. The molecule has 156 valence electrons. The normalized spacial score (nSPS) is 10.6. The molecule has 1 heterocycles. The number of pyridine rings is 1. The summed E-state index contributed by atoms with van der Waals surface area (Å²) in [6, 6.07) is 17.1. The molecule has 2 aromatic carbocycles. The fraction of sp³-hybridized carbons (Fsp3) is 0.261. The molecule has 2 amide bonds. The zero-order chi connectivity index (χ0) is 21.3. The molecule has 3 aromatic rings. The minimum Gasteiger partial charge on any atom is -0.375 e. The average Bonchev–Trinajstić information content (AvgIpc) is 2.78. The van der Waals surface area contributed by atoms with Gasteiger partial charge >= 0.3 is 0 Å². The highest BCUT2D eigenvalue weighted by molar-refractivity contribution is 5.98. The fourth-order valence-electron chi connectivity index (χ4n) is 3.17. The molecule has 0 saturated heterocycles. The van der Waals surface area contributed by atoms with Crippen molar-refractivity contribution in [2.24, 2.45) is 0 Å². The quantitative estimate of drug-likeness (QED) is 0.475. The molecule has 0 unspecified atom stereocenters. The average molecular weight is 406 g/mol. The molecule has 7 nitrogen and oxygen atoms in total. The minimum atomic E-state index is -0.568. The first kappa shape index (κ1) is 21.1. The van der Waals surface area contributed by atoms with Crippen molar-refractivity contribution in [3.05, 3.63) is 76.6 Å². The summed E-state index contributed by atoms with van der Waals surface area (Å²) in [7, 11) is 2.04. The summed E-state index contributed by atoms with van der Waals surface area (Å²) in [5, 5.41) is 5.73. The number of hydrogen-bond donors (Lipinski definition) is 3. The lowest BCUT2D eigenvalue weighted by molar-refractivity contribution is -0.120. The number of carbonyl (C=O) groups is 2. The molecule has 0 bridgehead atoms. The molecule has 0 saturated carbocycles. The molecular formula is C23H26N4O3. The lowest BCUT2D eigenvalue weighted by Gasteiger charge is -2.19. The molecule has 1 aromatic heterocycles. The second-order valence-corrected chi connectivity index (χ2v) is 7.07. The standard InChI is InChI=1S/C23H26N4O3/c1-27(17-9-3-2-4-10-17)14-8-7-13-24-21(28)16-26-23(30)19-15-25-20-12-6-5-11-18(20)22(19)29/h2-6,9-12,15H,7-8,13-14,16H2,1H3,(H,24,28)(H,25,29)(H,26,30). The maximum Gasteiger partial charge on any atom is 0.257 e. The van der Waals surface area contributed by atoms with Gasteiger partial charge in [-0.25, -0.2) is 0 Å². The van der Waals surface area contributed by atoms with E-state index in [1.807, 2.05) is 31.3 Å². The van der Waals surface area contributed by atoms with E-state index >= 15 is 0 Å². The highest BCUT2D eigenvalue weighted by atomic mass is 16.2. The van der Waals surface area contributed by atoms with Crippen molar-refractivity contribution < 1.29 is 9.59 Å². The molecule has 0 atom stereocenters. The Morgan fingerprint density at radius 3 is 2.50 bits per heavy atom. The van der Waals surface area contributed by atoms with Gasteiger partial charge in [0.05, 0.1) is 6.54 Å². The number of para-hydroxylation sites is 2. The number of fused-ring (bicyclic) bond motifs is 1. The van der Waals surface area contributed by atoms with Crippen LogP contribution in [0.1, 0.15) is 23.2 Å². The predicted molar refractivity (Wildman–Crippen MR) is 119 cm³/mol. The van der Waals surface area contributed by atoms with Gasteiger partial charge < -0.3 is 20.5 Å². The van der Waals surface area contributed by atoms with Gasteiger partial charge in [-0.1, -0.05) is 30.3 Å². The van der Waals surface area contributed by atoms with E-state index in [-0.39, 0.29) is 23.4 Å². The van der Waals surface area contributed by atoms with Gasteiger partial charge in [-0.05, 0) is 37.1 Å². The predicted octanol–water partition coefficient (Wildman–Crippen LogP) is 2.29. The summed E-state index contributed by atoms with van der Waals surface area (Å²) >= 11 is 0. The van der Waals surface area contributed by atoms with E-state index in [2.05, 4.69) is 32.7 Å². The van der Waals surface area contributed by atoms with Crippen LogP contribution in [-0.4, -0.2) is 43.5 Å². The maximum atomic E-state index is 12.4. The van der Waals surface area contributed by atoms with E-state index in [4.69, 9.17) is 0 Å². The van der Waals surface area contributed by atoms with E-state index in [0.717, 1.165) is 25.1 Å². The smallest absolute Gasteiger partial charge is 0.257 e. The lowest BCUT2D eigenvalue weighted by atomic mass is 10.1. The first-order chi connectivity index (χ1) is 14.6. The Labute approximate surface area is 175 Å². The van der Waals surface area contributed by atoms with Crippen LogP contribution in [0.2, 0.25) is 0 Å². The van der Waals surface area contributed by atoms with Crippen molar-refractivity contribution in [1.29, 1.82) is 0 Å². The van der Waals surface area contributed by atoms with Crippen molar-refractivity contribution in [2.75, 3.05) is 31.6 Å². The molecule has 30 heavy (non-hydrogen) atoms. The number of unbranched alkanes of at least 4 members (excludes halogenated alkanes) is 1. The topological polar surface area (TPSA) is 94.3 Å². The largest absolute Gasteiger partial charge is 0.375 e. The first-order valence-electron chi connectivity index (χ1n) is 9.98. The zero-order valence-corrected chi connectivity index (χ0v) is 17.0. The minimum absolute atomic E-state index is 0.00884. The third-order valence-corrected chi connectivity index (χ3v) is 4.88. The molecule has 7 heteroatoms. The molecule has 0 fully saturated rings. The highest BCUT2D eigenvalue weighted by Crippen LogP contribution is 2.11. The summed E-state index contributed by atoms with van der Waals surface area (Å²) in [5.74, 6) is -0.848. The number of anilines is 1. The summed E-state index contributed by atoms with van der Waals surface area (Å²) in [6.07, 6.45) is 3.15. The van der Waals surface area contributed by atoms with E-state index in [0.29, 0.717) is 17.4 Å². The first-order valence-corrected chi connectivity index (χ1v) is 9.98. The Balaban J connectivity index is 1.38. The van der Waals surface area contributed by atoms with Gasteiger partial charge in [0.1, 0.15) is 5.56 Å². The van der Waals surface area contributed by atoms with Crippen LogP contribution in [0.25, 0.3) is 10.9 Å². The van der Waals surface area contributed by atoms with Crippen molar-refractivity contribution in [3.8, 4) is 0 Å². The van der Waals surface area contributed by atoms with Crippen LogP contribution in [0.3, 0.4) is 0 Å². The van der Waals surface area contributed by atoms with Gasteiger partial charge in [-0.3, -0.25) is 14.4 Å². The van der Waals surface area contributed by atoms with Crippen LogP contribution >= 0.6 is 0 Å². The van der Waals surface area contributed by atoms with Gasteiger partial charge in [-0.2, -0.15) is 0 Å². The highest BCUT2D eigenvalue weighted by Gasteiger charge is 2.13. The van der Waals surface area contributed by atoms with Crippen molar-refractivity contribution in [1.82, 2.24) is 15.6 Å². The van der Waals surface area contributed by atoms with Crippen molar-refractivity contribution in [2.45, 2.75) is 12.8 Å². The number of carbonyl (C=O) groups excluding carboxylic acids is 2. The number of hydrogen-bond acceptors (Lipinski definition) is 4. The number of aromatic amines is 1. The molecule has 3 N–H and O–H groups in total. The molecule has 0 spiro atoms. The third kappa shape index (κ3) is 5.47. The van der Waals surface area contributed by atoms with Crippen LogP contribution in [0.15, 0.2) is 65.6 Å². The Kier molecular flexibility index (Phi) is 7.21. The molecule has 0 aliphatic carbocycles. The molecule has 0 aliphatic rings. The molecule has 0 radical (unpaired) electrons. The fourth-order valence-corrected chi connectivity index (χ4v) is 3.17. The monoisotopic (exact) mass is 406 g/mol. The number of nitrogens with zero attached hydrogens (tertiary/aromatic N) is 1. The van der Waals surface area contributed by atoms with Crippen LogP contribution < -0.4 is 21.0 Å². The SMILES string of the molecule is CN(CCCCNC(=O)CNC(=O)c1c[nH]c2ccccc2c1=O)c1ccccc1. The van der Waals surface area contributed by atoms with Gasteiger partial charge in [-0.15, -0.1) is 0 Å². The Hall–Kier alpha value is -3.61. The number of rotatable bonds is 9. The van der Waals surface area contributed by atoms with Crippen LogP contribution in [0.5, 0.6) is 0 Å². The number of nitrogens with one attached hydrogen (secondary N) is 3. The summed E-state index contributed by atoms with van der Waals surface area (Å²) < 4.78 is 0. The van der Waals surface area contributed by atoms with Crippen LogP contribution in [0, 0.1) is 0 Å². The molecule has 3 rings (SSSR count). The van der Waals surface area contributed by atoms with Gasteiger partial charge in [0.25, 0.3) is 5.91 Å². The second kappa shape index (κ2) is 10.2. The molecular weight excluding hydrogens is 380 g/mol. The van der Waals surface area contributed by atoms with Crippen molar-refractivity contribution in [3.63, 3.8) is 0 Å².